The summed E-state index contributed by atoms with van der Waals surface area (Å²) in [5.74, 6) is -0.0971. The van der Waals surface area contributed by atoms with E-state index in [1.807, 2.05) is 32.0 Å². The SMILES string of the molecule is Cc1ccc2oc(C(=O)N[C@@H]3CCOC[C@H]3OCC(=O)N(C)C)c(C)c2c1. The summed E-state index contributed by atoms with van der Waals surface area (Å²) in [6, 6.07) is 5.60. The molecule has 0 radical (unpaired) electrons. The van der Waals surface area contributed by atoms with Gasteiger partial charge in [-0.3, -0.25) is 9.59 Å². The van der Waals surface area contributed by atoms with Crippen LogP contribution in [0.25, 0.3) is 11.0 Å². The third-order valence-electron chi connectivity index (χ3n) is 4.84. The van der Waals surface area contributed by atoms with Gasteiger partial charge in [0.2, 0.25) is 5.91 Å². The van der Waals surface area contributed by atoms with Crippen molar-refractivity contribution in [3.8, 4) is 0 Å². The molecule has 1 fully saturated rings. The van der Waals surface area contributed by atoms with Gasteiger partial charge in [0, 0.05) is 31.7 Å². The molecule has 0 spiro atoms. The van der Waals surface area contributed by atoms with Gasteiger partial charge in [0.1, 0.15) is 18.3 Å². The molecular weight excluding hydrogens is 348 g/mol. The normalized spacial score (nSPS) is 19.9. The number of likely N-dealkylation sites (N-methyl/N-ethyl adjacent to an activating group) is 1. The van der Waals surface area contributed by atoms with Crippen LogP contribution in [0.1, 0.15) is 28.1 Å². The number of carbonyl (C=O) groups excluding carboxylic acids is 2. The van der Waals surface area contributed by atoms with Gasteiger partial charge in [0.05, 0.1) is 12.6 Å². The van der Waals surface area contributed by atoms with Crippen LogP contribution in [0.15, 0.2) is 22.6 Å². The summed E-state index contributed by atoms with van der Waals surface area (Å²) in [6.45, 7) is 4.71. The quantitative estimate of drug-likeness (QED) is 0.866. The van der Waals surface area contributed by atoms with E-state index in [0.717, 1.165) is 16.5 Å². The zero-order valence-electron chi connectivity index (χ0n) is 16.2. The lowest BCUT2D eigenvalue weighted by atomic mass is 10.1. The number of hydrogen-bond donors (Lipinski definition) is 1. The van der Waals surface area contributed by atoms with Gasteiger partial charge < -0.3 is 24.1 Å². The second-order valence-corrected chi connectivity index (χ2v) is 7.14. The summed E-state index contributed by atoms with van der Waals surface area (Å²) >= 11 is 0. The zero-order chi connectivity index (χ0) is 19.6. The highest BCUT2D eigenvalue weighted by atomic mass is 16.5. The molecular formula is C20H26N2O5. The van der Waals surface area contributed by atoms with Crippen LogP contribution in [-0.2, 0) is 14.3 Å². The molecule has 0 saturated carbocycles. The number of amides is 2. The molecule has 2 atom stereocenters. The van der Waals surface area contributed by atoms with Crippen LogP contribution in [-0.4, -0.2) is 62.8 Å². The van der Waals surface area contributed by atoms with E-state index in [1.165, 1.54) is 4.90 Å². The minimum Gasteiger partial charge on any atom is -0.451 e. The Morgan fingerprint density at radius 2 is 2.07 bits per heavy atom. The summed E-state index contributed by atoms with van der Waals surface area (Å²) < 4.78 is 16.9. The summed E-state index contributed by atoms with van der Waals surface area (Å²) in [7, 11) is 3.35. The molecule has 2 amide bonds. The molecule has 0 aliphatic carbocycles. The van der Waals surface area contributed by atoms with Crippen molar-refractivity contribution in [2.24, 2.45) is 0 Å². The number of furan rings is 1. The highest BCUT2D eigenvalue weighted by Crippen LogP contribution is 2.26. The number of fused-ring (bicyclic) bond motifs is 1. The number of hydrogen-bond acceptors (Lipinski definition) is 5. The number of aryl methyl sites for hydroxylation is 2. The van der Waals surface area contributed by atoms with Crippen molar-refractivity contribution in [3.05, 3.63) is 35.1 Å². The molecule has 1 N–H and O–H groups in total. The number of rotatable bonds is 5. The fraction of sp³-hybridized carbons (Fsp3) is 0.500. The van der Waals surface area contributed by atoms with E-state index >= 15 is 0 Å². The molecule has 1 aromatic heterocycles. The molecule has 1 saturated heterocycles. The van der Waals surface area contributed by atoms with Crippen molar-refractivity contribution in [1.82, 2.24) is 10.2 Å². The molecule has 0 bridgehead atoms. The van der Waals surface area contributed by atoms with Crippen LogP contribution in [0, 0.1) is 13.8 Å². The zero-order valence-corrected chi connectivity index (χ0v) is 16.2. The van der Waals surface area contributed by atoms with Gasteiger partial charge in [-0.15, -0.1) is 0 Å². The van der Waals surface area contributed by atoms with Gasteiger partial charge in [-0.05, 0) is 32.4 Å². The maximum Gasteiger partial charge on any atom is 0.287 e. The summed E-state index contributed by atoms with van der Waals surface area (Å²) in [6.07, 6.45) is 0.240. The first-order valence-corrected chi connectivity index (χ1v) is 9.07. The van der Waals surface area contributed by atoms with Crippen LogP contribution in [0.3, 0.4) is 0 Å². The van der Waals surface area contributed by atoms with E-state index in [4.69, 9.17) is 13.9 Å². The Morgan fingerprint density at radius 1 is 1.30 bits per heavy atom. The lowest BCUT2D eigenvalue weighted by Gasteiger charge is -2.32. The maximum atomic E-state index is 12.8. The monoisotopic (exact) mass is 374 g/mol. The van der Waals surface area contributed by atoms with E-state index in [-0.39, 0.29) is 30.6 Å². The summed E-state index contributed by atoms with van der Waals surface area (Å²) in [4.78, 5) is 26.0. The third-order valence-corrected chi connectivity index (χ3v) is 4.84. The number of nitrogens with zero attached hydrogens (tertiary/aromatic N) is 1. The molecule has 7 nitrogen and oxygen atoms in total. The molecule has 3 rings (SSSR count). The Balaban J connectivity index is 1.71. The molecule has 0 unspecified atom stereocenters. The molecule has 1 aromatic carbocycles. The Hall–Kier alpha value is -2.38. The van der Waals surface area contributed by atoms with Crippen molar-refractivity contribution >= 4 is 22.8 Å². The van der Waals surface area contributed by atoms with Crippen molar-refractivity contribution in [3.63, 3.8) is 0 Å². The van der Waals surface area contributed by atoms with Gasteiger partial charge in [0.15, 0.2) is 5.76 Å². The van der Waals surface area contributed by atoms with E-state index < -0.39 is 0 Å². The predicted molar refractivity (Wildman–Crippen MR) is 101 cm³/mol. The van der Waals surface area contributed by atoms with Crippen LogP contribution in [0.5, 0.6) is 0 Å². The fourth-order valence-corrected chi connectivity index (χ4v) is 3.13. The van der Waals surface area contributed by atoms with E-state index in [0.29, 0.717) is 31.0 Å². The minimum absolute atomic E-state index is 0.0453. The molecule has 2 aromatic rings. The fourth-order valence-electron chi connectivity index (χ4n) is 3.13. The molecule has 2 heterocycles. The van der Waals surface area contributed by atoms with E-state index in [1.54, 1.807) is 14.1 Å². The standard InChI is InChI=1S/C20H26N2O5/c1-12-5-6-16-14(9-12)13(2)19(27-16)20(24)21-15-7-8-25-10-17(15)26-11-18(23)22(3)4/h5-6,9,15,17H,7-8,10-11H2,1-4H3,(H,21,24)/t15-,17-/m1/s1. The Kier molecular flexibility index (Phi) is 5.82. The van der Waals surface area contributed by atoms with Crippen LogP contribution >= 0.6 is 0 Å². The van der Waals surface area contributed by atoms with Crippen LogP contribution in [0.2, 0.25) is 0 Å². The van der Waals surface area contributed by atoms with Gasteiger partial charge in [-0.1, -0.05) is 11.6 Å². The van der Waals surface area contributed by atoms with Crippen LogP contribution in [0.4, 0.5) is 0 Å². The van der Waals surface area contributed by atoms with E-state index in [9.17, 15) is 9.59 Å². The molecule has 1 aliphatic heterocycles. The Morgan fingerprint density at radius 3 is 2.81 bits per heavy atom. The number of nitrogens with one attached hydrogen (secondary N) is 1. The second-order valence-electron chi connectivity index (χ2n) is 7.14. The Bertz CT molecular complexity index is 842. The minimum atomic E-state index is -0.376. The summed E-state index contributed by atoms with van der Waals surface area (Å²) in [5, 5.41) is 3.93. The molecule has 27 heavy (non-hydrogen) atoms. The van der Waals surface area contributed by atoms with Gasteiger partial charge in [-0.2, -0.15) is 0 Å². The topological polar surface area (TPSA) is 81.0 Å². The number of ether oxygens (including phenoxy) is 2. The largest absolute Gasteiger partial charge is 0.451 e. The average molecular weight is 374 g/mol. The van der Waals surface area contributed by atoms with E-state index in [2.05, 4.69) is 5.32 Å². The van der Waals surface area contributed by atoms with Gasteiger partial charge in [0.25, 0.3) is 5.91 Å². The first-order chi connectivity index (χ1) is 12.9. The first-order valence-electron chi connectivity index (χ1n) is 9.07. The van der Waals surface area contributed by atoms with Crippen molar-refractivity contribution in [1.29, 1.82) is 0 Å². The van der Waals surface area contributed by atoms with Crippen molar-refractivity contribution < 1.29 is 23.5 Å². The lowest BCUT2D eigenvalue weighted by molar-refractivity contribution is -0.140. The second kappa shape index (κ2) is 8.10. The predicted octanol–water partition coefficient (Wildman–Crippen LogP) is 2.04. The number of carbonyl (C=O) groups is 2. The maximum absolute atomic E-state index is 12.8. The van der Waals surface area contributed by atoms with Crippen molar-refractivity contribution in [2.45, 2.75) is 32.4 Å². The third kappa shape index (κ3) is 4.31. The lowest BCUT2D eigenvalue weighted by Crippen LogP contribution is -2.50. The van der Waals surface area contributed by atoms with Gasteiger partial charge >= 0.3 is 0 Å². The molecule has 146 valence electrons. The van der Waals surface area contributed by atoms with Crippen LogP contribution < -0.4 is 5.32 Å². The number of benzene rings is 1. The Labute approximate surface area is 158 Å². The summed E-state index contributed by atoms with van der Waals surface area (Å²) in [5.41, 5.74) is 2.62. The first kappa shape index (κ1) is 19.4. The highest BCUT2D eigenvalue weighted by molar-refractivity contribution is 5.99. The molecule has 7 heteroatoms. The van der Waals surface area contributed by atoms with Gasteiger partial charge in [-0.25, -0.2) is 0 Å². The van der Waals surface area contributed by atoms with Crippen molar-refractivity contribution in [2.75, 3.05) is 33.9 Å². The highest BCUT2D eigenvalue weighted by Gasteiger charge is 2.30. The average Bonchev–Trinajstić information content (AvgIpc) is 2.97. The smallest absolute Gasteiger partial charge is 0.287 e. The molecule has 1 aliphatic rings.